The molecule has 1 heterocycles. The minimum atomic E-state index is -1.10. The molecule has 0 fully saturated rings. The molecule has 0 spiro atoms. The van der Waals surface area contributed by atoms with E-state index in [1.54, 1.807) is 30.3 Å². The molecule has 0 aromatic heterocycles. The maximum Gasteiger partial charge on any atom is 0.209 e. The molecular weight excluding hydrogens is 412 g/mol. The van der Waals surface area contributed by atoms with Crippen molar-refractivity contribution < 1.29 is 14.3 Å². The van der Waals surface area contributed by atoms with Gasteiger partial charge in [0.25, 0.3) is 0 Å². The molecule has 158 valence electrons. The number of benzene rings is 3. The van der Waals surface area contributed by atoms with E-state index < -0.39 is 5.92 Å². The van der Waals surface area contributed by atoms with Crippen LogP contribution in [-0.2, 0) is 4.74 Å². The molecule has 2 N–H and O–H groups in total. The predicted molar refractivity (Wildman–Crippen MR) is 124 cm³/mol. The summed E-state index contributed by atoms with van der Waals surface area (Å²) in [6, 6.07) is 27.3. The van der Waals surface area contributed by atoms with Gasteiger partial charge in [0.2, 0.25) is 5.88 Å². The summed E-state index contributed by atoms with van der Waals surface area (Å²) in [4.78, 5) is 26.8. The fraction of sp³-hybridized carbons (Fsp3) is 0.0357. The van der Waals surface area contributed by atoms with Crippen molar-refractivity contribution in [1.29, 1.82) is 5.26 Å². The van der Waals surface area contributed by atoms with E-state index in [-0.39, 0.29) is 28.8 Å². The zero-order chi connectivity index (χ0) is 22.9. The Morgan fingerprint density at radius 3 is 1.82 bits per heavy atom. The highest BCUT2D eigenvalue weighted by Crippen LogP contribution is 2.41. The summed E-state index contributed by atoms with van der Waals surface area (Å²) in [5.41, 5.74) is 9.39. The number of nitrogens with zero attached hydrogens (tertiary/aromatic N) is 1. The van der Waals surface area contributed by atoms with Gasteiger partial charge in [-0.05, 0) is 11.6 Å². The van der Waals surface area contributed by atoms with Gasteiger partial charge in [0.15, 0.2) is 11.6 Å². The second kappa shape index (κ2) is 8.10. The Bertz CT molecular complexity index is 1390. The highest BCUT2D eigenvalue weighted by molar-refractivity contribution is 6.29. The lowest BCUT2D eigenvalue weighted by Gasteiger charge is -2.16. The lowest BCUT2D eigenvalue weighted by atomic mass is 9.87. The van der Waals surface area contributed by atoms with Crippen LogP contribution >= 0.6 is 0 Å². The number of carbonyl (C=O) groups excluding carboxylic acids is 2. The Labute approximate surface area is 190 Å². The van der Waals surface area contributed by atoms with Crippen molar-refractivity contribution in [3.63, 3.8) is 0 Å². The topological polar surface area (TPSA) is 93.2 Å². The van der Waals surface area contributed by atoms with Crippen LogP contribution in [0.1, 0.15) is 31.8 Å². The second-order valence-corrected chi connectivity index (χ2v) is 7.73. The first-order chi connectivity index (χ1) is 16.1. The van der Waals surface area contributed by atoms with Crippen LogP contribution in [0, 0.1) is 17.2 Å². The number of allylic oxidation sites excluding steroid dienone is 4. The van der Waals surface area contributed by atoms with Crippen molar-refractivity contribution in [2.24, 2.45) is 11.7 Å². The minimum absolute atomic E-state index is 0.0862. The van der Waals surface area contributed by atoms with Gasteiger partial charge in [-0.2, -0.15) is 5.26 Å². The van der Waals surface area contributed by atoms with Crippen LogP contribution in [0.25, 0.3) is 11.3 Å². The zero-order valence-corrected chi connectivity index (χ0v) is 17.5. The summed E-state index contributed by atoms with van der Waals surface area (Å²) in [5, 5.41) is 9.91. The van der Waals surface area contributed by atoms with Crippen LogP contribution in [0.4, 0.5) is 0 Å². The molecule has 0 bridgehead atoms. The van der Waals surface area contributed by atoms with E-state index in [2.05, 4.69) is 6.07 Å². The van der Waals surface area contributed by atoms with Crippen molar-refractivity contribution >= 4 is 22.9 Å². The number of fused-ring (bicyclic) bond motifs is 1. The number of hydrogen-bond donors (Lipinski definition) is 1. The molecular formula is C28H18N2O3. The van der Waals surface area contributed by atoms with E-state index in [1.807, 2.05) is 60.7 Å². The van der Waals surface area contributed by atoms with Crippen molar-refractivity contribution in [3.8, 4) is 6.07 Å². The van der Waals surface area contributed by atoms with Gasteiger partial charge in [-0.15, -0.1) is 0 Å². The lowest BCUT2D eigenvalue weighted by Crippen LogP contribution is -2.19. The maximum absolute atomic E-state index is 13.4. The van der Waals surface area contributed by atoms with E-state index in [1.165, 1.54) is 0 Å². The van der Waals surface area contributed by atoms with Gasteiger partial charge < -0.3 is 10.5 Å². The van der Waals surface area contributed by atoms with Gasteiger partial charge in [0.05, 0.1) is 0 Å². The standard InChI is InChI=1S/C28H18N2O3/c29-16-23-21(17-9-3-1-4-10-17)15-22(27(33-28(23)30)18-11-5-2-6-12-18)24-25(31)19-13-7-8-14-20(19)26(24)32/h1-15,24H,30H2. The molecule has 0 saturated carbocycles. The van der Waals surface area contributed by atoms with Gasteiger partial charge in [0.1, 0.15) is 23.3 Å². The van der Waals surface area contributed by atoms with E-state index in [0.717, 1.165) is 5.56 Å². The van der Waals surface area contributed by atoms with E-state index in [9.17, 15) is 14.9 Å². The Balaban J connectivity index is 1.80. The van der Waals surface area contributed by atoms with Crippen LogP contribution in [0.15, 0.2) is 108 Å². The molecule has 0 atom stereocenters. The molecule has 2 aliphatic rings. The second-order valence-electron chi connectivity index (χ2n) is 7.73. The average Bonchev–Trinajstić information content (AvgIpc) is 3.01. The van der Waals surface area contributed by atoms with Crippen molar-refractivity contribution in [2.45, 2.75) is 0 Å². The minimum Gasteiger partial charge on any atom is -0.439 e. The summed E-state index contributed by atoms with van der Waals surface area (Å²) < 4.78 is 6.03. The maximum atomic E-state index is 13.4. The van der Waals surface area contributed by atoms with Crippen LogP contribution in [0.3, 0.4) is 0 Å². The van der Waals surface area contributed by atoms with Gasteiger partial charge in [-0.25, -0.2) is 0 Å². The fourth-order valence-corrected chi connectivity index (χ4v) is 4.26. The van der Waals surface area contributed by atoms with Gasteiger partial charge in [0, 0.05) is 27.8 Å². The highest BCUT2D eigenvalue weighted by Gasteiger charge is 2.42. The summed E-state index contributed by atoms with van der Waals surface area (Å²) in [5.74, 6) is -1.50. The first-order valence-corrected chi connectivity index (χ1v) is 10.4. The van der Waals surface area contributed by atoms with Gasteiger partial charge in [-0.1, -0.05) is 84.9 Å². The Hall–Kier alpha value is -4.69. The molecule has 5 heteroatoms. The molecule has 1 aliphatic heterocycles. The van der Waals surface area contributed by atoms with Crippen LogP contribution in [-0.4, -0.2) is 11.6 Å². The smallest absolute Gasteiger partial charge is 0.209 e. The summed E-state index contributed by atoms with van der Waals surface area (Å²) >= 11 is 0. The van der Waals surface area contributed by atoms with Gasteiger partial charge in [-0.3, -0.25) is 9.59 Å². The number of hydrogen-bond acceptors (Lipinski definition) is 5. The number of carbonyl (C=O) groups is 2. The monoisotopic (exact) mass is 430 g/mol. The number of ether oxygens (including phenoxy) is 1. The molecule has 0 unspecified atom stereocenters. The largest absolute Gasteiger partial charge is 0.439 e. The third-order valence-corrected chi connectivity index (χ3v) is 5.82. The van der Waals surface area contributed by atoms with Crippen LogP contribution < -0.4 is 5.73 Å². The number of ketones is 2. The number of rotatable bonds is 3. The molecule has 3 aromatic rings. The van der Waals surface area contributed by atoms with Gasteiger partial charge >= 0.3 is 0 Å². The van der Waals surface area contributed by atoms with Crippen molar-refractivity contribution in [3.05, 3.63) is 130 Å². The predicted octanol–water partition coefficient (Wildman–Crippen LogP) is 4.90. The quantitative estimate of drug-likeness (QED) is 0.597. The number of Topliss-reactive ketones (excluding diaryl/α,β-unsaturated/α-hetero) is 2. The van der Waals surface area contributed by atoms with Crippen LogP contribution in [0.5, 0.6) is 0 Å². The molecule has 0 saturated heterocycles. The molecule has 3 aromatic carbocycles. The van der Waals surface area contributed by atoms with Crippen LogP contribution in [0.2, 0.25) is 0 Å². The lowest BCUT2D eigenvalue weighted by molar-refractivity contribution is 0.0865. The fourth-order valence-electron chi connectivity index (χ4n) is 4.26. The number of nitriles is 1. The first kappa shape index (κ1) is 20.2. The summed E-state index contributed by atoms with van der Waals surface area (Å²) in [7, 11) is 0. The normalized spacial score (nSPS) is 16.2. The van der Waals surface area contributed by atoms with Crippen molar-refractivity contribution in [2.75, 3.05) is 0 Å². The summed E-state index contributed by atoms with van der Waals surface area (Å²) in [6.07, 6.45) is 1.70. The SMILES string of the molecule is N#CC1=C(N)OC(c2ccccc2)=C(C2C(=O)c3ccccc3C2=O)C=C1c1ccccc1. The molecule has 5 rings (SSSR count). The Morgan fingerprint density at radius 2 is 1.27 bits per heavy atom. The molecule has 0 radical (unpaired) electrons. The van der Waals surface area contributed by atoms with E-state index in [4.69, 9.17) is 10.5 Å². The first-order valence-electron chi connectivity index (χ1n) is 10.4. The molecule has 0 amide bonds. The third kappa shape index (κ3) is 3.35. The molecule has 5 nitrogen and oxygen atoms in total. The highest BCUT2D eigenvalue weighted by atomic mass is 16.5. The number of nitrogens with two attached hydrogens (primary N) is 1. The molecule has 1 aliphatic carbocycles. The third-order valence-electron chi connectivity index (χ3n) is 5.82. The molecule has 33 heavy (non-hydrogen) atoms. The average molecular weight is 430 g/mol. The summed E-state index contributed by atoms with van der Waals surface area (Å²) in [6.45, 7) is 0. The Morgan fingerprint density at radius 1 is 0.758 bits per heavy atom. The van der Waals surface area contributed by atoms with E-state index >= 15 is 0 Å². The van der Waals surface area contributed by atoms with E-state index in [0.29, 0.717) is 27.8 Å². The zero-order valence-electron chi connectivity index (χ0n) is 17.5. The Kier molecular flexibility index (Phi) is 4.96. The van der Waals surface area contributed by atoms with Crippen molar-refractivity contribution in [1.82, 2.24) is 0 Å².